The summed E-state index contributed by atoms with van der Waals surface area (Å²) in [6.45, 7) is 3.41. The van der Waals surface area contributed by atoms with Gasteiger partial charge in [-0.3, -0.25) is 14.3 Å². The van der Waals surface area contributed by atoms with Crippen LogP contribution in [0.3, 0.4) is 0 Å². The normalized spacial score (nSPS) is 23.0. The van der Waals surface area contributed by atoms with E-state index in [1.807, 2.05) is 0 Å². The number of aromatic nitrogens is 2. The highest BCUT2D eigenvalue weighted by Crippen LogP contribution is 2.33. The van der Waals surface area contributed by atoms with E-state index >= 15 is 0 Å². The van der Waals surface area contributed by atoms with Crippen LogP contribution in [0, 0.1) is 12.8 Å². The zero-order valence-electron chi connectivity index (χ0n) is 11.8. The van der Waals surface area contributed by atoms with Crippen molar-refractivity contribution in [2.75, 3.05) is 13.2 Å². The summed E-state index contributed by atoms with van der Waals surface area (Å²) in [6.07, 6.45) is -1.22. The molecule has 7 nitrogen and oxygen atoms in total. The molecule has 0 radical (unpaired) electrons. The Balaban J connectivity index is 2.31. The quantitative estimate of drug-likeness (QED) is 0.807. The minimum atomic E-state index is -1.88. The van der Waals surface area contributed by atoms with Crippen molar-refractivity contribution in [2.45, 2.75) is 32.7 Å². The number of carbonyl (C=O) groups excluding carboxylic acids is 1. The molecule has 1 aliphatic heterocycles. The molecule has 0 bridgehead atoms. The molecule has 0 spiro atoms. The average molecular weight is 300 g/mol. The van der Waals surface area contributed by atoms with Gasteiger partial charge in [-0.05, 0) is 20.3 Å². The third-order valence-corrected chi connectivity index (χ3v) is 3.41. The first kappa shape index (κ1) is 15.4. The zero-order valence-corrected chi connectivity index (χ0v) is 11.8. The molecule has 3 atom stereocenters. The molecule has 1 aliphatic rings. The number of aromatic amines is 1. The van der Waals surface area contributed by atoms with Gasteiger partial charge in [-0.15, -0.1) is 0 Å². The molecule has 1 saturated heterocycles. The predicted molar refractivity (Wildman–Crippen MR) is 70.7 cm³/mol. The third-order valence-electron chi connectivity index (χ3n) is 3.41. The maximum absolute atomic E-state index is 14.2. The fourth-order valence-electron chi connectivity index (χ4n) is 2.34. The SMILES string of the molecule is CCOC(=O)C(F)C1CCOC1n1cc(C)c(=O)[nH]c1=O. The number of esters is 1. The van der Waals surface area contributed by atoms with E-state index in [2.05, 4.69) is 9.72 Å². The van der Waals surface area contributed by atoms with Gasteiger partial charge in [0.2, 0.25) is 6.17 Å². The van der Waals surface area contributed by atoms with Gasteiger partial charge in [0.25, 0.3) is 5.56 Å². The lowest BCUT2D eigenvalue weighted by molar-refractivity contribution is -0.153. The van der Waals surface area contributed by atoms with E-state index in [0.29, 0.717) is 5.56 Å². The molecule has 3 unspecified atom stereocenters. The number of nitrogens with zero attached hydrogens (tertiary/aromatic N) is 1. The fraction of sp³-hybridized carbons (Fsp3) is 0.615. The summed E-state index contributed by atoms with van der Waals surface area (Å²) >= 11 is 0. The summed E-state index contributed by atoms with van der Waals surface area (Å²) in [7, 11) is 0. The number of alkyl halides is 1. The number of rotatable bonds is 4. The first-order chi connectivity index (χ1) is 9.95. The van der Waals surface area contributed by atoms with Crippen LogP contribution in [0.4, 0.5) is 4.39 Å². The van der Waals surface area contributed by atoms with Crippen LogP contribution in [0.2, 0.25) is 0 Å². The molecule has 0 amide bonds. The molecule has 2 rings (SSSR count). The topological polar surface area (TPSA) is 90.4 Å². The van der Waals surface area contributed by atoms with E-state index in [1.165, 1.54) is 13.1 Å². The van der Waals surface area contributed by atoms with Crippen molar-refractivity contribution in [1.29, 1.82) is 0 Å². The fourth-order valence-corrected chi connectivity index (χ4v) is 2.34. The summed E-state index contributed by atoms with van der Waals surface area (Å²) in [5.74, 6) is -1.79. The summed E-state index contributed by atoms with van der Waals surface area (Å²) in [4.78, 5) is 36.8. The van der Waals surface area contributed by atoms with Gasteiger partial charge < -0.3 is 9.47 Å². The van der Waals surface area contributed by atoms with Crippen molar-refractivity contribution < 1.29 is 18.7 Å². The Kier molecular flexibility index (Phi) is 4.56. The first-order valence-corrected chi connectivity index (χ1v) is 6.70. The first-order valence-electron chi connectivity index (χ1n) is 6.70. The van der Waals surface area contributed by atoms with Crippen LogP contribution in [-0.2, 0) is 14.3 Å². The smallest absolute Gasteiger partial charge is 0.341 e. The lowest BCUT2D eigenvalue weighted by Crippen LogP contribution is -2.38. The van der Waals surface area contributed by atoms with Crippen LogP contribution in [0.25, 0.3) is 0 Å². The zero-order chi connectivity index (χ0) is 15.6. The van der Waals surface area contributed by atoms with E-state index in [4.69, 9.17) is 4.74 Å². The molecule has 0 saturated carbocycles. The number of H-pyrrole nitrogens is 1. The second-order valence-electron chi connectivity index (χ2n) is 4.85. The van der Waals surface area contributed by atoms with E-state index in [1.54, 1.807) is 6.92 Å². The van der Waals surface area contributed by atoms with Crippen molar-refractivity contribution in [2.24, 2.45) is 5.92 Å². The minimum absolute atomic E-state index is 0.0786. The Bertz CT molecular complexity index is 638. The molecule has 116 valence electrons. The second-order valence-corrected chi connectivity index (χ2v) is 4.85. The lowest BCUT2D eigenvalue weighted by Gasteiger charge is -2.22. The van der Waals surface area contributed by atoms with Crippen LogP contribution < -0.4 is 11.2 Å². The molecular formula is C13H17FN2O5. The van der Waals surface area contributed by atoms with E-state index in [-0.39, 0.29) is 19.6 Å². The monoisotopic (exact) mass is 300 g/mol. The highest BCUT2D eigenvalue weighted by molar-refractivity contribution is 5.75. The Hall–Kier alpha value is -1.96. The lowest BCUT2D eigenvalue weighted by atomic mass is 10.00. The molecule has 0 aliphatic carbocycles. The van der Waals surface area contributed by atoms with Gasteiger partial charge in [0, 0.05) is 24.3 Å². The summed E-state index contributed by atoms with van der Waals surface area (Å²) < 4.78 is 25.3. The highest BCUT2D eigenvalue weighted by Gasteiger charge is 2.41. The third kappa shape index (κ3) is 3.05. The maximum Gasteiger partial charge on any atom is 0.341 e. The van der Waals surface area contributed by atoms with Gasteiger partial charge >= 0.3 is 11.7 Å². The molecular weight excluding hydrogens is 283 g/mol. The average Bonchev–Trinajstić information content (AvgIpc) is 2.91. The molecule has 1 fully saturated rings. The van der Waals surface area contributed by atoms with Crippen molar-refractivity contribution in [3.05, 3.63) is 32.6 Å². The molecule has 1 aromatic heterocycles. The van der Waals surface area contributed by atoms with Crippen molar-refractivity contribution >= 4 is 5.97 Å². The maximum atomic E-state index is 14.2. The summed E-state index contributed by atoms with van der Waals surface area (Å²) in [6, 6.07) is 0. The Morgan fingerprint density at radius 2 is 2.33 bits per heavy atom. The van der Waals surface area contributed by atoms with Crippen molar-refractivity contribution in [3.8, 4) is 0 Å². The number of hydrogen-bond acceptors (Lipinski definition) is 5. The predicted octanol–water partition coefficient (Wildman–Crippen LogP) is 0.281. The largest absolute Gasteiger partial charge is 0.464 e. The molecule has 0 aromatic carbocycles. The number of hydrogen-bond donors (Lipinski definition) is 1. The Morgan fingerprint density at radius 3 is 3.00 bits per heavy atom. The summed E-state index contributed by atoms with van der Waals surface area (Å²) in [5, 5.41) is 0. The Morgan fingerprint density at radius 1 is 1.62 bits per heavy atom. The standard InChI is InChI=1S/C13H17FN2O5/c1-3-20-12(18)9(14)8-4-5-21-11(8)16-6-7(2)10(17)15-13(16)19/h6,8-9,11H,3-5H2,1-2H3,(H,15,17,19). The van der Waals surface area contributed by atoms with Crippen LogP contribution in [-0.4, -0.2) is 34.9 Å². The molecule has 1 N–H and O–H groups in total. The van der Waals surface area contributed by atoms with Gasteiger partial charge in [-0.2, -0.15) is 0 Å². The van der Waals surface area contributed by atoms with E-state index in [0.717, 1.165) is 4.57 Å². The number of aryl methyl sites for hydroxylation is 1. The van der Waals surface area contributed by atoms with Gasteiger partial charge in [0.05, 0.1) is 6.61 Å². The van der Waals surface area contributed by atoms with Gasteiger partial charge in [0.15, 0.2) is 0 Å². The van der Waals surface area contributed by atoms with Crippen LogP contribution in [0.15, 0.2) is 15.8 Å². The van der Waals surface area contributed by atoms with Crippen molar-refractivity contribution in [3.63, 3.8) is 0 Å². The van der Waals surface area contributed by atoms with E-state index in [9.17, 15) is 18.8 Å². The molecule has 2 heterocycles. The number of nitrogens with one attached hydrogen (secondary N) is 1. The number of ether oxygens (including phenoxy) is 2. The van der Waals surface area contributed by atoms with Gasteiger partial charge in [-0.1, -0.05) is 0 Å². The van der Waals surface area contributed by atoms with Crippen LogP contribution >= 0.6 is 0 Å². The number of carbonyl (C=O) groups is 1. The highest BCUT2D eigenvalue weighted by atomic mass is 19.1. The second kappa shape index (κ2) is 6.21. The Labute approximate surface area is 119 Å². The molecule has 1 aromatic rings. The summed E-state index contributed by atoms with van der Waals surface area (Å²) in [5.41, 5.74) is -0.901. The van der Waals surface area contributed by atoms with E-state index < -0.39 is 35.5 Å². The number of halogens is 1. The van der Waals surface area contributed by atoms with Gasteiger partial charge in [-0.25, -0.2) is 14.0 Å². The van der Waals surface area contributed by atoms with Crippen LogP contribution in [0.5, 0.6) is 0 Å². The molecule has 21 heavy (non-hydrogen) atoms. The molecule has 8 heteroatoms. The minimum Gasteiger partial charge on any atom is -0.464 e. The van der Waals surface area contributed by atoms with Gasteiger partial charge in [0.1, 0.15) is 6.23 Å². The van der Waals surface area contributed by atoms with Crippen LogP contribution in [0.1, 0.15) is 25.1 Å². The van der Waals surface area contributed by atoms with Crippen molar-refractivity contribution in [1.82, 2.24) is 9.55 Å².